The van der Waals surface area contributed by atoms with Crippen molar-refractivity contribution in [3.05, 3.63) is 35.9 Å². The topological polar surface area (TPSA) is 58.2 Å². The molecule has 4 nitrogen and oxygen atoms in total. The molecule has 0 saturated carbocycles. The highest BCUT2D eigenvalue weighted by molar-refractivity contribution is 7.98. The predicted octanol–water partition coefficient (Wildman–Crippen LogP) is 2.34. The van der Waals surface area contributed by atoms with Crippen LogP contribution in [0.15, 0.2) is 30.3 Å². The summed E-state index contributed by atoms with van der Waals surface area (Å²) in [6.07, 6.45) is 1.99. The smallest absolute Gasteiger partial charge is 0.243 e. The zero-order valence-electron chi connectivity index (χ0n) is 12.7. The average molecular weight is 308 g/mol. The van der Waals surface area contributed by atoms with E-state index in [2.05, 4.69) is 29.7 Å². The highest BCUT2D eigenvalue weighted by Crippen LogP contribution is 2.13. The molecule has 2 N–H and O–H groups in total. The van der Waals surface area contributed by atoms with Crippen LogP contribution in [0.1, 0.15) is 32.3 Å². The number of hydrogen-bond donors (Lipinski definition) is 2. The largest absolute Gasteiger partial charge is 0.354 e. The third kappa shape index (κ3) is 7.75. The number of hydrogen-bond acceptors (Lipinski definition) is 3. The van der Waals surface area contributed by atoms with E-state index in [0.717, 1.165) is 18.6 Å². The minimum Gasteiger partial charge on any atom is -0.354 e. The van der Waals surface area contributed by atoms with Gasteiger partial charge in [-0.2, -0.15) is 11.8 Å². The number of thioether (sulfide) groups is 1. The second-order valence-electron chi connectivity index (χ2n) is 4.90. The summed E-state index contributed by atoms with van der Waals surface area (Å²) in [6.45, 7) is 4.18. The van der Waals surface area contributed by atoms with Crippen LogP contribution < -0.4 is 10.6 Å². The molecular formula is C16H24N2O2S. The third-order valence-corrected chi connectivity index (χ3v) is 4.03. The Kier molecular flexibility index (Phi) is 8.59. The van der Waals surface area contributed by atoms with Crippen LogP contribution >= 0.6 is 11.8 Å². The minimum absolute atomic E-state index is 0.0980. The molecule has 0 unspecified atom stereocenters. The molecule has 1 atom stereocenters. The quantitative estimate of drug-likeness (QED) is 0.689. The first-order chi connectivity index (χ1) is 10.1. The number of carbonyl (C=O) groups excluding carboxylic acids is 2. The lowest BCUT2D eigenvalue weighted by Gasteiger charge is -2.17. The maximum atomic E-state index is 12.1. The second-order valence-corrected chi connectivity index (χ2v) is 5.93. The van der Waals surface area contributed by atoms with Crippen molar-refractivity contribution in [1.82, 2.24) is 10.6 Å². The van der Waals surface area contributed by atoms with Gasteiger partial charge in [0, 0.05) is 25.0 Å². The fourth-order valence-electron chi connectivity index (χ4n) is 1.81. The molecule has 1 aromatic carbocycles. The number of unbranched alkanes of at least 4 members (excludes halogenated alkanes) is 1. The van der Waals surface area contributed by atoms with Crippen LogP contribution in [0.25, 0.3) is 0 Å². The van der Waals surface area contributed by atoms with Crippen molar-refractivity contribution in [3.63, 3.8) is 0 Å². The van der Waals surface area contributed by atoms with Gasteiger partial charge in [-0.15, -0.1) is 0 Å². The SMILES string of the molecule is CCCCNC(=O)[C@H](CSCc1ccccc1)NC(C)=O. The molecule has 21 heavy (non-hydrogen) atoms. The fraction of sp³-hybridized carbons (Fsp3) is 0.500. The molecule has 1 rings (SSSR count). The summed E-state index contributed by atoms with van der Waals surface area (Å²) in [5, 5.41) is 5.59. The lowest BCUT2D eigenvalue weighted by atomic mass is 10.2. The number of rotatable bonds is 9. The maximum Gasteiger partial charge on any atom is 0.243 e. The van der Waals surface area contributed by atoms with Crippen molar-refractivity contribution < 1.29 is 9.59 Å². The number of carbonyl (C=O) groups is 2. The molecule has 5 heteroatoms. The molecule has 0 fully saturated rings. The standard InChI is InChI=1S/C16H24N2O2S/c1-3-4-10-17-16(20)15(18-13(2)19)12-21-11-14-8-6-5-7-9-14/h5-9,15H,3-4,10-12H2,1-2H3,(H,17,20)(H,18,19)/t15-/m0/s1. The molecule has 1 aromatic rings. The third-order valence-electron chi connectivity index (χ3n) is 2.92. The minimum atomic E-state index is -0.465. The van der Waals surface area contributed by atoms with Crippen molar-refractivity contribution in [3.8, 4) is 0 Å². The van der Waals surface area contributed by atoms with Gasteiger partial charge in [-0.05, 0) is 12.0 Å². The number of nitrogens with one attached hydrogen (secondary N) is 2. The van der Waals surface area contributed by atoms with Crippen LogP contribution in [-0.4, -0.2) is 30.2 Å². The van der Waals surface area contributed by atoms with Crippen LogP contribution in [0.5, 0.6) is 0 Å². The molecule has 0 aliphatic rings. The summed E-state index contributed by atoms with van der Waals surface area (Å²) in [6, 6.07) is 9.63. The van der Waals surface area contributed by atoms with Gasteiger partial charge in [0.1, 0.15) is 6.04 Å². The van der Waals surface area contributed by atoms with Gasteiger partial charge in [0.2, 0.25) is 11.8 Å². The predicted molar refractivity (Wildman–Crippen MR) is 88.1 cm³/mol. The summed E-state index contributed by atoms with van der Waals surface area (Å²) in [4.78, 5) is 23.3. The van der Waals surface area contributed by atoms with E-state index in [-0.39, 0.29) is 11.8 Å². The summed E-state index contributed by atoms with van der Waals surface area (Å²) in [5.41, 5.74) is 1.22. The van der Waals surface area contributed by atoms with Gasteiger partial charge in [0.15, 0.2) is 0 Å². The first-order valence-electron chi connectivity index (χ1n) is 7.30. The van der Waals surface area contributed by atoms with E-state index in [1.165, 1.54) is 12.5 Å². The normalized spacial score (nSPS) is 11.7. The summed E-state index contributed by atoms with van der Waals surface area (Å²) in [5.74, 6) is 1.14. The van der Waals surface area contributed by atoms with Crippen LogP contribution in [0, 0.1) is 0 Å². The van der Waals surface area contributed by atoms with Gasteiger partial charge in [-0.25, -0.2) is 0 Å². The fourth-order valence-corrected chi connectivity index (χ4v) is 2.83. The molecule has 0 aromatic heterocycles. The van der Waals surface area contributed by atoms with E-state index in [1.54, 1.807) is 11.8 Å². The van der Waals surface area contributed by atoms with Gasteiger partial charge >= 0.3 is 0 Å². The summed E-state index contributed by atoms with van der Waals surface area (Å²) >= 11 is 1.65. The van der Waals surface area contributed by atoms with Crippen LogP contribution in [0.3, 0.4) is 0 Å². The van der Waals surface area contributed by atoms with Crippen molar-refractivity contribution in [1.29, 1.82) is 0 Å². The van der Waals surface area contributed by atoms with E-state index in [1.807, 2.05) is 18.2 Å². The van der Waals surface area contributed by atoms with Crippen molar-refractivity contribution >= 4 is 23.6 Å². The van der Waals surface area contributed by atoms with E-state index in [9.17, 15) is 9.59 Å². The van der Waals surface area contributed by atoms with Gasteiger partial charge in [0.25, 0.3) is 0 Å². The lowest BCUT2D eigenvalue weighted by molar-refractivity contribution is -0.127. The molecule has 0 saturated heterocycles. The molecule has 116 valence electrons. The summed E-state index contributed by atoms with van der Waals surface area (Å²) in [7, 11) is 0. The second kappa shape index (κ2) is 10.3. The highest BCUT2D eigenvalue weighted by Gasteiger charge is 2.18. The Bertz CT molecular complexity index is 437. The van der Waals surface area contributed by atoms with Crippen molar-refractivity contribution in [2.75, 3.05) is 12.3 Å². The Morgan fingerprint density at radius 2 is 1.95 bits per heavy atom. The Hall–Kier alpha value is -1.49. The lowest BCUT2D eigenvalue weighted by Crippen LogP contribution is -2.47. The molecule has 2 amide bonds. The van der Waals surface area contributed by atoms with E-state index < -0.39 is 6.04 Å². The summed E-state index contributed by atoms with van der Waals surface area (Å²) < 4.78 is 0. The van der Waals surface area contributed by atoms with Gasteiger partial charge in [-0.1, -0.05) is 43.7 Å². The van der Waals surface area contributed by atoms with Crippen LogP contribution in [0.2, 0.25) is 0 Å². The number of amides is 2. The van der Waals surface area contributed by atoms with Crippen LogP contribution in [0.4, 0.5) is 0 Å². The zero-order chi connectivity index (χ0) is 15.5. The first-order valence-corrected chi connectivity index (χ1v) is 8.45. The maximum absolute atomic E-state index is 12.1. The Morgan fingerprint density at radius 3 is 2.57 bits per heavy atom. The van der Waals surface area contributed by atoms with Gasteiger partial charge in [-0.3, -0.25) is 9.59 Å². The van der Waals surface area contributed by atoms with Gasteiger partial charge in [0.05, 0.1) is 0 Å². The molecule has 0 spiro atoms. The number of benzene rings is 1. The Balaban J connectivity index is 2.41. The molecule has 0 bridgehead atoms. The average Bonchev–Trinajstić information content (AvgIpc) is 2.47. The Labute approximate surface area is 131 Å². The van der Waals surface area contributed by atoms with E-state index in [0.29, 0.717) is 12.3 Å². The van der Waals surface area contributed by atoms with Crippen molar-refractivity contribution in [2.24, 2.45) is 0 Å². The monoisotopic (exact) mass is 308 g/mol. The highest BCUT2D eigenvalue weighted by atomic mass is 32.2. The molecular weight excluding hydrogens is 284 g/mol. The molecule has 0 aliphatic heterocycles. The van der Waals surface area contributed by atoms with E-state index >= 15 is 0 Å². The zero-order valence-corrected chi connectivity index (χ0v) is 13.5. The van der Waals surface area contributed by atoms with E-state index in [4.69, 9.17) is 0 Å². The first kappa shape index (κ1) is 17.6. The molecule has 0 heterocycles. The molecule has 0 radical (unpaired) electrons. The van der Waals surface area contributed by atoms with Crippen molar-refractivity contribution in [2.45, 2.75) is 38.5 Å². The van der Waals surface area contributed by atoms with Gasteiger partial charge < -0.3 is 10.6 Å². The Morgan fingerprint density at radius 1 is 1.24 bits per heavy atom. The van der Waals surface area contributed by atoms with Crippen LogP contribution in [-0.2, 0) is 15.3 Å². The molecule has 0 aliphatic carbocycles.